The lowest BCUT2D eigenvalue weighted by Gasteiger charge is -2.23. The van der Waals surface area contributed by atoms with Gasteiger partial charge in [-0.25, -0.2) is 0 Å². The van der Waals surface area contributed by atoms with Crippen LogP contribution in [0, 0.1) is 6.92 Å². The van der Waals surface area contributed by atoms with Crippen molar-refractivity contribution >= 4 is 0 Å². The highest BCUT2D eigenvalue weighted by Crippen LogP contribution is 2.30. The minimum Gasteiger partial charge on any atom is -0.464 e. The average molecular weight is 223 g/mol. The van der Waals surface area contributed by atoms with Gasteiger partial charge in [0.2, 0.25) is 0 Å². The third-order valence-corrected chi connectivity index (χ3v) is 3.16. The Morgan fingerprint density at radius 3 is 2.56 bits per heavy atom. The maximum Gasteiger partial charge on any atom is 0.134 e. The van der Waals surface area contributed by atoms with E-state index in [0.29, 0.717) is 6.10 Å². The molecule has 0 bridgehead atoms. The fourth-order valence-corrected chi connectivity index (χ4v) is 2.29. The summed E-state index contributed by atoms with van der Waals surface area (Å²) in [5.74, 6) is 1.77. The van der Waals surface area contributed by atoms with Crippen LogP contribution in [-0.2, 0) is 4.74 Å². The summed E-state index contributed by atoms with van der Waals surface area (Å²) in [7, 11) is 0. The first kappa shape index (κ1) is 11.7. The number of furan rings is 1. The standard InChI is InChI=1S/C13H21NO2/c1-9-7-8-12(15-9)13(10(2)14)16-11-5-3-4-6-11/h7-8,10-11,13H,3-6,14H2,1-2H3. The van der Waals surface area contributed by atoms with Crippen molar-refractivity contribution in [2.75, 3.05) is 0 Å². The summed E-state index contributed by atoms with van der Waals surface area (Å²) in [5.41, 5.74) is 5.97. The second-order valence-electron chi connectivity index (χ2n) is 4.77. The van der Waals surface area contributed by atoms with Crippen LogP contribution >= 0.6 is 0 Å². The molecule has 0 aromatic carbocycles. The number of hydrogen-bond acceptors (Lipinski definition) is 3. The van der Waals surface area contributed by atoms with Gasteiger partial charge in [-0.1, -0.05) is 12.8 Å². The quantitative estimate of drug-likeness (QED) is 0.853. The summed E-state index contributed by atoms with van der Waals surface area (Å²) in [4.78, 5) is 0. The van der Waals surface area contributed by atoms with E-state index >= 15 is 0 Å². The smallest absolute Gasteiger partial charge is 0.134 e. The molecule has 1 fully saturated rings. The molecule has 0 spiro atoms. The maximum absolute atomic E-state index is 6.05. The molecule has 3 nitrogen and oxygen atoms in total. The topological polar surface area (TPSA) is 48.4 Å². The molecule has 2 atom stereocenters. The highest BCUT2D eigenvalue weighted by molar-refractivity contribution is 5.10. The predicted molar refractivity (Wildman–Crippen MR) is 63.2 cm³/mol. The van der Waals surface area contributed by atoms with Crippen LogP contribution in [0.1, 0.15) is 50.2 Å². The van der Waals surface area contributed by atoms with E-state index in [4.69, 9.17) is 14.9 Å². The van der Waals surface area contributed by atoms with Gasteiger partial charge in [-0.2, -0.15) is 0 Å². The number of hydrogen-bond donors (Lipinski definition) is 1. The third kappa shape index (κ3) is 2.66. The molecule has 3 heteroatoms. The first-order valence-corrected chi connectivity index (χ1v) is 6.14. The summed E-state index contributed by atoms with van der Waals surface area (Å²) in [6.07, 6.45) is 5.12. The Hall–Kier alpha value is -0.800. The summed E-state index contributed by atoms with van der Waals surface area (Å²) in [6, 6.07) is 3.90. The van der Waals surface area contributed by atoms with Crippen LogP contribution in [0.4, 0.5) is 0 Å². The van der Waals surface area contributed by atoms with Gasteiger partial charge in [0.05, 0.1) is 6.10 Å². The van der Waals surface area contributed by atoms with E-state index < -0.39 is 0 Å². The van der Waals surface area contributed by atoms with Crippen LogP contribution in [0.5, 0.6) is 0 Å². The first-order chi connectivity index (χ1) is 7.66. The first-order valence-electron chi connectivity index (χ1n) is 6.14. The lowest BCUT2D eigenvalue weighted by Crippen LogP contribution is -2.29. The van der Waals surface area contributed by atoms with E-state index in [2.05, 4.69) is 0 Å². The molecule has 90 valence electrons. The van der Waals surface area contributed by atoms with Gasteiger partial charge in [-0.3, -0.25) is 0 Å². The van der Waals surface area contributed by atoms with E-state index in [-0.39, 0.29) is 12.1 Å². The van der Waals surface area contributed by atoms with Crippen molar-refractivity contribution in [2.45, 2.75) is 57.8 Å². The molecule has 0 amide bonds. The molecule has 2 rings (SSSR count). The normalized spacial score (nSPS) is 21.2. The fraction of sp³-hybridized carbons (Fsp3) is 0.692. The maximum atomic E-state index is 6.05. The number of nitrogens with two attached hydrogens (primary N) is 1. The van der Waals surface area contributed by atoms with Crippen molar-refractivity contribution in [1.29, 1.82) is 0 Å². The van der Waals surface area contributed by atoms with Crippen molar-refractivity contribution in [2.24, 2.45) is 5.73 Å². The van der Waals surface area contributed by atoms with Crippen molar-refractivity contribution < 1.29 is 9.15 Å². The lowest BCUT2D eigenvalue weighted by atomic mass is 10.1. The third-order valence-electron chi connectivity index (χ3n) is 3.16. The molecule has 1 aliphatic carbocycles. The predicted octanol–water partition coefficient (Wildman–Crippen LogP) is 2.94. The van der Waals surface area contributed by atoms with E-state index in [1.54, 1.807) is 0 Å². The molecule has 1 aliphatic rings. The minimum absolute atomic E-state index is 0.0360. The second-order valence-corrected chi connectivity index (χ2v) is 4.77. The zero-order valence-electron chi connectivity index (χ0n) is 10.1. The van der Waals surface area contributed by atoms with Crippen molar-refractivity contribution in [3.05, 3.63) is 23.7 Å². The fourth-order valence-electron chi connectivity index (χ4n) is 2.29. The highest BCUT2D eigenvalue weighted by Gasteiger charge is 2.26. The van der Waals surface area contributed by atoms with Gasteiger partial charge in [-0.05, 0) is 38.8 Å². The molecule has 0 aliphatic heterocycles. The molecular formula is C13H21NO2. The van der Waals surface area contributed by atoms with Gasteiger partial charge in [-0.15, -0.1) is 0 Å². The lowest BCUT2D eigenvalue weighted by molar-refractivity contribution is -0.0313. The van der Waals surface area contributed by atoms with Gasteiger partial charge < -0.3 is 14.9 Å². The van der Waals surface area contributed by atoms with Crippen LogP contribution < -0.4 is 5.73 Å². The van der Waals surface area contributed by atoms with Gasteiger partial charge in [0.1, 0.15) is 17.6 Å². The van der Waals surface area contributed by atoms with Crippen LogP contribution in [0.3, 0.4) is 0 Å². The summed E-state index contributed by atoms with van der Waals surface area (Å²) < 4.78 is 11.7. The Kier molecular flexibility index (Phi) is 3.66. The Labute approximate surface area is 97.0 Å². The number of ether oxygens (including phenoxy) is 1. The van der Waals surface area contributed by atoms with Crippen LogP contribution in [0.25, 0.3) is 0 Å². The zero-order chi connectivity index (χ0) is 11.5. The van der Waals surface area contributed by atoms with E-state index in [0.717, 1.165) is 24.4 Å². The molecular weight excluding hydrogens is 202 g/mol. The van der Waals surface area contributed by atoms with E-state index in [9.17, 15) is 0 Å². The zero-order valence-corrected chi connectivity index (χ0v) is 10.1. The molecule has 0 saturated heterocycles. The molecule has 2 N–H and O–H groups in total. The summed E-state index contributed by atoms with van der Waals surface area (Å²) in [5, 5.41) is 0. The minimum atomic E-state index is -0.100. The van der Waals surface area contributed by atoms with Gasteiger partial charge in [0.25, 0.3) is 0 Å². The van der Waals surface area contributed by atoms with Crippen LogP contribution in [0.15, 0.2) is 16.5 Å². The van der Waals surface area contributed by atoms with Crippen molar-refractivity contribution in [3.8, 4) is 0 Å². The molecule has 16 heavy (non-hydrogen) atoms. The van der Waals surface area contributed by atoms with Crippen molar-refractivity contribution in [1.82, 2.24) is 0 Å². The molecule has 0 radical (unpaired) electrons. The van der Waals surface area contributed by atoms with E-state index in [1.807, 2.05) is 26.0 Å². The summed E-state index contributed by atoms with van der Waals surface area (Å²) >= 11 is 0. The van der Waals surface area contributed by atoms with Crippen molar-refractivity contribution in [3.63, 3.8) is 0 Å². The molecule has 1 aromatic rings. The monoisotopic (exact) mass is 223 g/mol. The molecule has 1 saturated carbocycles. The molecule has 1 aromatic heterocycles. The highest BCUT2D eigenvalue weighted by atomic mass is 16.5. The number of rotatable bonds is 4. The number of aryl methyl sites for hydroxylation is 1. The Morgan fingerprint density at radius 2 is 2.06 bits per heavy atom. The summed E-state index contributed by atoms with van der Waals surface area (Å²) in [6.45, 7) is 3.91. The van der Waals surface area contributed by atoms with Gasteiger partial charge in [0, 0.05) is 6.04 Å². The molecule has 2 unspecified atom stereocenters. The van der Waals surface area contributed by atoms with Crippen LogP contribution in [0.2, 0.25) is 0 Å². The molecule has 1 heterocycles. The van der Waals surface area contributed by atoms with E-state index in [1.165, 1.54) is 12.8 Å². The average Bonchev–Trinajstić information content (AvgIpc) is 2.84. The SMILES string of the molecule is Cc1ccc(C(OC2CCCC2)C(C)N)o1. The second kappa shape index (κ2) is 5.02. The van der Waals surface area contributed by atoms with Gasteiger partial charge >= 0.3 is 0 Å². The Bertz CT molecular complexity index is 326. The Balaban J connectivity index is 2.04. The van der Waals surface area contributed by atoms with Gasteiger partial charge in [0.15, 0.2) is 0 Å². The largest absolute Gasteiger partial charge is 0.464 e. The van der Waals surface area contributed by atoms with Crippen LogP contribution in [-0.4, -0.2) is 12.1 Å². The Morgan fingerprint density at radius 1 is 1.38 bits per heavy atom.